The first-order chi connectivity index (χ1) is 7.22. The van der Waals surface area contributed by atoms with Crippen molar-refractivity contribution in [2.75, 3.05) is 6.16 Å². The first kappa shape index (κ1) is 18.5. The first-order valence-corrected chi connectivity index (χ1v) is 8.08. The summed E-state index contributed by atoms with van der Waals surface area (Å²) < 4.78 is 19.4. The molecule has 0 spiro atoms. The summed E-state index contributed by atoms with van der Waals surface area (Å²) in [5.41, 5.74) is 0. The molecule has 0 bridgehead atoms. The highest BCUT2D eigenvalue weighted by Crippen LogP contribution is 2.38. The fraction of sp³-hybridized carbons (Fsp3) is 1.00. The molecule has 0 aromatic rings. The maximum atomic E-state index is 10.7. The van der Waals surface area contributed by atoms with E-state index in [2.05, 4.69) is 6.92 Å². The zero-order chi connectivity index (χ0) is 13.2. The summed E-state index contributed by atoms with van der Waals surface area (Å²) in [4.78, 5) is 31.7. The van der Waals surface area contributed by atoms with Gasteiger partial charge in [-0.2, -0.15) is 0 Å². The molecule has 0 radical (unpaired) electrons. The van der Waals surface area contributed by atoms with Crippen LogP contribution in [0.3, 0.4) is 0 Å². The Balaban J connectivity index is 0. The predicted octanol–water partition coefficient (Wildman–Crippen LogP) is 2.01. The normalized spacial score (nSPS) is 12.6. The quantitative estimate of drug-likeness (QED) is 0.551. The lowest BCUT2D eigenvalue weighted by molar-refractivity contribution is 0.354. The van der Waals surface area contributed by atoms with Crippen molar-refractivity contribution in [3.8, 4) is 0 Å². The van der Waals surface area contributed by atoms with Crippen molar-refractivity contribution in [1.82, 2.24) is 0 Å². The summed E-state index contributed by atoms with van der Waals surface area (Å²) in [5.74, 6) is 0.200. The minimum atomic E-state index is -3.78. The van der Waals surface area contributed by atoms with Gasteiger partial charge in [0.05, 0.1) is 6.16 Å². The molecule has 0 saturated carbocycles. The molecule has 0 saturated heterocycles. The van der Waals surface area contributed by atoms with E-state index in [4.69, 9.17) is 24.1 Å². The molecule has 98 valence electrons. The fourth-order valence-electron chi connectivity index (χ4n) is 1.25. The highest BCUT2D eigenvalue weighted by molar-refractivity contribution is 7.51. The van der Waals surface area contributed by atoms with Crippen LogP contribution in [0.15, 0.2) is 0 Å². The van der Waals surface area contributed by atoms with E-state index < -0.39 is 15.9 Å². The van der Waals surface area contributed by atoms with E-state index in [1.165, 1.54) is 0 Å². The largest absolute Gasteiger partial charge is 0.692 e. The third kappa shape index (κ3) is 19.7. The van der Waals surface area contributed by atoms with Crippen LogP contribution >= 0.6 is 15.9 Å². The summed E-state index contributed by atoms with van der Waals surface area (Å²) in [6.07, 6.45) is 4.03. The zero-order valence-corrected chi connectivity index (χ0v) is 11.4. The van der Waals surface area contributed by atoms with E-state index in [9.17, 15) is 4.57 Å². The third-order valence-corrected chi connectivity index (χ3v) is 3.03. The molecular weight excluding hydrogens is 254 g/mol. The van der Waals surface area contributed by atoms with Crippen LogP contribution in [0.4, 0.5) is 0 Å². The lowest BCUT2D eigenvalue weighted by Gasteiger charge is -2.14. The average Bonchev–Trinajstić information content (AvgIpc) is 2.09. The van der Waals surface area contributed by atoms with E-state index in [0.29, 0.717) is 0 Å². The molecule has 6 nitrogen and oxygen atoms in total. The summed E-state index contributed by atoms with van der Waals surface area (Å²) in [7, 11) is -6.65. The Kier molecular flexibility index (Phi) is 12.0. The van der Waals surface area contributed by atoms with Crippen LogP contribution in [0.2, 0.25) is 0 Å². The van der Waals surface area contributed by atoms with Crippen molar-refractivity contribution in [1.29, 1.82) is 0 Å². The Morgan fingerprint density at radius 2 is 1.69 bits per heavy atom. The molecular formula is C8H21O6P2+. The highest BCUT2D eigenvalue weighted by atomic mass is 31.2. The average molecular weight is 275 g/mol. The summed E-state index contributed by atoms with van der Waals surface area (Å²) in [5, 5.41) is 0. The molecule has 0 aromatic carbocycles. The minimum absolute atomic E-state index is 0.0590. The van der Waals surface area contributed by atoms with Crippen molar-refractivity contribution >= 4 is 15.9 Å². The lowest BCUT2D eigenvalue weighted by atomic mass is 10.0. The topological polar surface area (TPSA) is 115 Å². The van der Waals surface area contributed by atoms with Crippen LogP contribution < -0.4 is 0 Å². The monoisotopic (exact) mass is 275 g/mol. The molecule has 0 heterocycles. The van der Waals surface area contributed by atoms with Gasteiger partial charge in [-0.15, -0.1) is 9.79 Å². The Labute approximate surface area is 96.8 Å². The number of unbranched alkanes of at least 4 members (excludes halogenated alkanes) is 1. The minimum Gasteiger partial charge on any atom is -0.324 e. The Morgan fingerprint density at radius 3 is 1.94 bits per heavy atom. The van der Waals surface area contributed by atoms with E-state index in [1.54, 1.807) is 0 Å². The van der Waals surface area contributed by atoms with Crippen LogP contribution in [0.25, 0.3) is 0 Å². The van der Waals surface area contributed by atoms with Crippen molar-refractivity contribution < 1.29 is 28.7 Å². The van der Waals surface area contributed by atoms with E-state index in [1.807, 2.05) is 6.92 Å². The second-order valence-electron chi connectivity index (χ2n) is 3.52. The van der Waals surface area contributed by atoms with Gasteiger partial charge < -0.3 is 9.79 Å². The molecule has 1 atom stereocenters. The van der Waals surface area contributed by atoms with Crippen molar-refractivity contribution in [2.45, 2.75) is 39.5 Å². The van der Waals surface area contributed by atoms with E-state index in [0.717, 1.165) is 25.7 Å². The molecule has 16 heavy (non-hydrogen) atoms. The maximum Gasteiger partial charge on any atom is 0.692 e. The second kappa shape index (κ2) is 10.3. The molecule has 0 aliphatic carbocycles. The van der Waals surface area contributed by atoms with E-state index in [-0.39, 0.29) is 12.1 Å². The lowest BCUT2D eigenvalue weighted by Crippen LogP contribution is -2.05. The Morgan fingerprint density at radius 1 is 1.25 bits per heavy atom. The second-order valence-corrected chi connectivity index (χ2v) is 5.72. The number of hydrogen-bond donors (Lipinski definition) is 4. The fourth-order valence-corrected chi connectivity index (χ4v) is 2.37. The van der Waals surface area contributed by atoms with Gasteiger partial charge >= 0.3 is 15.9 Å². The van der Waals surface area contributed by atoms with Crippen molar-refractivity contribution in [3.05, 3.63) is 0 Å². The molecule has 8 heteroatoms. The molecule has 0 amide bonds. The zero-order valence-electron chi connectivity index (χ0n) is 9.61. The first-order valence-electron chi connectivity index (χ1n) is 5.12. The predicted molar refractivity (Wildman–Crippen MR) is 62.3 cm³/mol. The summed E-state index contributed by atoms with van der Waals surface area (Å²) in [6.45, 7) is 4.07. The molecule has 0 aromatic heterocycles. The van der Waals surface area contributed by atoms with Gasteiger partial charge in [0.1, 0.15) is 0 Å². The molecule has 0 fully saturated rings. The maximum absolute atomic E-state index is 10.7. The summed E-state index contributed by atoms with van der Waals surface area (Å²) >= 11 is 0. The molecule has 4 N–H and O–H groups in total. The van der Waals surface area contributed by atoms with Crippen LogP contribution in [0.5, 0.6) is 0 Å². The van der Waals surface area contributed by atoms with Gasteiger partial charge in [0, 0.05) is 4.57 Å². The van der Waals surface area contributed by atoms with Crippen LogP contribution in [-0.2, 0) is 9.13 Å². The van der Waals surface area contributed by atoms with Crippen LogP contribution in [0.1, 0.15) is 39.5 Å². The van der Waals surface area contributed by atoms with Gasteiger partial charge in [-0.1, -0.05) is 33.1 Å². The van der Waals surface area contributed by atoms with Crippen molar-refractivity contribution in [3.63, 3.8) is 0 Å². The van der Waals surface area contributed by atoms with Gasteiger partial charge in [0.25, 0.3) is 0 Å². The Bertz CT molecular complexity index is 223. The molecule has 1 unspecified atom stereocenters. The number of rotatable bonds is 6. The molecule has 0 rings (SSSR count). The smallest absolute Gasteiger partial charge is 0.324 e. The molecule has 0 aliphatic rings. The van der Waals surface area contributed by atoms with Gasteiger partial charge in [-0.05, 0) is 12.3 Å². The third-order valence-electron chi connectivity index (χ3n) is 2.04. The van der Waals surface area contributed by atoms with Gasteiger partial charge in [0.15, 0.2) is 0 Å². The van der Waals surface area contributed by atoms with Gasteiger partial charge in [-0.3, -0.25) is 4.57 Å². The van der Waals surface area contributed by atoms with E-state index >= 15 is 0 Å². The SMILES string of the molecule is CCCCC(CC)CP(=O)(O)O.O=[P+](O)O. The highest BCUT2D eigenvalue weighted by Gasteiger charge is 2.19. The van der Waals surface area contributed by atoms with Crippen molar-refractivity contribution in [2.24, 2.45) is 5.92 Å². The standard InChI is InChI=1S/C8H19O3P.HO3P/c1-3-5-6-8(4-2)7-12(9,10)11;1-4(2)3/h8H,3-7H2,1-2H3,(H2,9,10,11);(H-,1,2,3)/p+1. The van der Waals surface area contributed by atoms with Crippen LogP contribution in [-0.4, -0.2) is 25.7 Å². The van der Waals surface area contributed by atoms with Gasteiger partial charge in [0.2, 0.25) is 0 Å². The van der Waals surface area contributed by atoms with Gasteiger partial charge in [-0.25, -0.2) is 0 Å². The summed E-state index contributed by atoms with van der Waals surface area (Å²) in [6, 6.07) is 0. The Hall–Kier alpha value is 0.170. The molecule has 0 aliphatic heterocycles. The van der Waals surface area contributed by atoms with Crippen LogP contribution in [0, 0.1) is 5.92 Å². The number of hydrogen-bond acceptors (Lipinski definition) is 2.